The average Bonchev–Trinajstić information content (AvgIpc) is 2.15. The molecular weight excluding hydrogens is 165 g/mol. The Bertz CT molecular complexity index is 355. The van der Waals surface area contributed by atoms with Crippen LogP contribution in [0.5, 0.6) is 0 Å². The molecule has 0 aliphatic carbocycles. The van der Waals surface area contributed by atoms with Crippen molar-refractivity contribution in [1.29, 1.82) is 5.26 Å². The summed E-state index contributed by atoms with van der Waals surface area (Å²) < 4.78 is 0. The Morgan fingerprint density at radius 1 is 1.31 bits per heavy atom. The van der Waals surface area contributed by atoms with E-state index in [9.17, 15) is 0 Å². The highest BCUT2D eigenvalue weighted by Gasteiger charge is 2.12. The van der Waals surface area contributed by atoms with E-state index in [-0.39, 0.29) is 0 Å². The van der Waals surface area contributed by atoms with Crippen molar-refractivity contribution in [3.63, 3.8) is 0 Å². The number of benzene rings is 1. The summed E-state index contributed by atoms with van der Waals surface area (Å²) >= 11 is 0. The van der Waals surface area contributed by atoms with Crippen LogP contribution in [0.3, 0.4) is 0 Å². The molecule has 0 spiro atoms. The van der Waals surface area contributed by atoms with Gasteiger partial charge in [0.1, 0.15) is 0 Å². The van der Waals surface area contributed by atoms with Gasteiger partial charge in [-0.3, -0.25) is 0 Å². The number of nitrogens with zero attached hydrogens (tertiary/aromatic N) is 1. The largest absolute Gasteiger partial charge is 0.489 e. The third-order valence-corrected chi connectivity index (χ3v) is 1.61. The SMILES string of the molecule is N#CC=Cc1ccccc1B(O)O. The second kappa shape index (κ2) is 4.46. The summed E-state index contributed by atoms with van der Waals surface area (Å²) in [6, 6.07) is 8.62. The third kappa shape index (κ3) is 2.44. The van der Waals surface area contributed by atoms with Crippen molar-refractivity contribution in [1.82, 2.24) is 0 Å². The Kier molecular flexibility index (Phi) is 3.27. The van der Waals surface area contributed by atoms with Crippen LogP contribution in [0.2, 0.25) is 0 Å². The molecule has 4 heteroatoms. The molecule has 0 unspecified atom stereocenters. The zero-order valence-electron chi connectivity index (χ0n) is 6.88. The van der Waals surface area contributed by atoms with Crippen LogP contribution >= 0.6 is 0 Å². The molecular formula is C9H8BNO2. The molecule has 0 radical (unpaired) electrons. The Morgan fingerprint density at radius 2 is 2.00 bits per heavy atom. The van der Waals surface area contributed by atoms with E-state index in [1.54, 1.807) is 24.3 Å². The Morgan fingerprint density at radius 3 is 2.62 bits per heavy atom. The molecule has 0 saturated heterocycles. The van der Waals surface area contributed by atoms with Crippen molar-refractivity contribution < 1.29 is 10.0 Å². The van der Waals surface area contributed by atoms with Gasteiger partial charge in [-0.25, -0.2) is 0 Å². The molecule has 0 fully saturated rings. The molecule has 2 N–H and O–H groups in total. The second-order valence-corrected chi connectivity index (χ2v) is 2.47. The number of allylic oxidation sites excluding steroid dienone is 1. The summed E-state index contributed by atoms with van der Waals surface area (Å²) in [4.78, 5) is 0. The van der Waals surface area contributed by atoms with E-state index in [0.717, 1.165) is 0 Å². The van der Waals surface area contributed by atoms with Gasteiger partial charge in [0.05, 0.1) is 6.07 Å². The molecule has 0 aromatic heterocycles. The van der Waals surface area contributed by atoms with Crippen molar-refractivity contribution in [3.05, 3.63) is 35.9 Å². The highest BCUT2D eigenvalue weighted by atomic mass is 16.4. The summed E-state index contributed by atoms with van der Waals surface area (Å²) in [7, 11) is -1.50. The lowest BCUT2D eigenvalue weighted by atomic mass is 9.77. The molecule has 0 heterocycles. The minimum atomic E-state index is -1.50. The first-order valence-corrected chi connectivity index (χ1v) is 3.77. The van der Waals surface area contributed by atoms with Crippen molar-refractivity contribution in [3.8, 4) is 6.07 Å². The number of hydrogen-bond donors (Lipinski definition) is 2. The zero-order valence-corrected chi connectivity index (χ0v) is 6.88. The molecule has 0 saturated carbocycles. The smallest absolute Gasteiger partial charge is 0.423 e. The topological polar surface area (TPSA) is 64.2 Å². The van der Waals surface area contributed by atoms with Crippen LogP contribution in [-0.2, 0) is 0 Å². The van der Waals surface area contributed by atoms with Gasteiger partial charge in [-0.15, -0.1) is 0 Å². The standard InChI is InChI=1S/C9H8BNO2/c11-7-3-5-8-4-1-2-6-9(8)10(12)13/h1-6,12-13H. The van der Waals surface area contributed by atoms with Gasteiger partial charge in [-0.2, -0.15) is 5.26 Å². The van der Waals surface area contributed by atoms with E-state index in [4.69, 9.17) is 15.3 Å². The Balaban J connectivity index is 3.06. The summed E-state index contributed by atoms with van der Waals surface area (Å²) in [5.74, 6) is 0. The van der Waals surface area contributed by atoms with E-state index in [1.807, 2.05) is 6.07 Å². The normalized spacial score (nSPS) is 9.92. The summed E-state index contributed by atoms with van der Waals surface area (Å²) in [5, 5.41) is 26.2. The molecule has 3 nitrogen and oxygen atoms in total. The highest BCUT2D eigenvalue weighted by Crippen LogP contribution is 1.99. The van der Waals surface area contributed by atoms with Crippen LogP contribution in [0.25, 0.3) is 6.08 Å². The zero-order chi connectivity index (χ0) is 9.68. The first kappa shape index (κ1) is 9.52. The van der Waals surface area contributed by atoms with Crippen LogP contribution in [0, 0.1) is 11.3 Å². The molecule has 1 aromatic rings. The van der Waals surface area contributed by atoms with Gasteiger partial charge in [-0.05, 0) is 17.1 Å². The van der Waals surface area contributed by atoms with Gasteiger partial charge in [0.2, 0.25) is 0 Å². The lowest BCUT2D eigenvalue weighted by Gasteiger charge is -2.02. The van der Waals surface area contributed by atoms with Gasteiger partial charge in [0.15, 0.2) is 0 Å². The predicted molar refractivity (Wildman–Crippen MR) is 50.9 cm³/mol. The minimum absolute atomic E-state index is 0.397. The maximum Gasteiger partial charge on any atom is 0.489 e. The van der Waals surface area contributed by atoms with Crippen LogP contribution in [-0.4, -0.2) is 17.2 Å². The predicted octanol–water partition coefficient (Wildman–Crippen LogP) is -0.0968. The van der Waals surface area contributed by atoms with Gasteiger partial charge in [0, 0.05) is 6.08 Å². The maximum absolute atomic E-state index is 8.94. The first-order valence-electron chi connectivity index (χ1n) is 3.77. The van der Waals surface area contributed by atoms with E-state index in [1.165, 1.54) is 12.2 Å². The summed E-state index contributed by atoms with van der Waals surface area (Å²) in [6.07, 6.45) is 2.83. The van der Waals surface area contributed by atoms with Crippen LogP contribution in [0.4, 0.5) is 0 Å². The lowest BCUT2D eigenvalue weighted by molar-refractivity contribution is 0.425. The van der Waals surface area contributed by atoms with E-state index < -0.39 is 7.12 Å². The van der Waals surface area contributed by atoms with Crippen molar-refractivity contribution in [2.45, 2.75) is 0 Å². The Labute approximate surface area is 76.7 Å². The van der Waals surface area contributed by atoms with Crippen LogP contribution in [0.15, 0.2) is 30.3 Å². The molecule has 13 heavy (non-hydrogen) atoms. The van der Waals surface area contributed by atoms with E-state index in [0.29, 0.717) is 11.0 Å². The third-order valence-electron chi connectivity index (χ3n) is 1.61. The molecule has 0 amide bonds. The maximum atomic E-state index is 8.94. The molecule has 0 atom stereocenters. The fourth-order valence-electron chi connectivity index (χ4n) is 1.02. The van der Waals surface area contributed by atoms with E-state index in [2.05, 4.69) is 0 Å². The van der Waals surface area contributed by atoms with Gasteiger partial charge >= 0.3 is 7.12 Å². The molecule has 1 rings (SSSR count). The van der Waals surface area contributed by atoms with E-state index >= 15 is 0 Å². The van der Waals surface area contributed by atoms with Crippen LogP contribution in [0.1, 0.15) is 5.56 Å². The fourth-order valence-corrected chi connectivity index (χ4v) is 1.02. The van der Waals surface area contributed by atoms with Gasteiger partial charge < -0.3 is 10.0 Å². The van der Waals surface area contributed by atoms with Gasteiger partial charge in [-0.1, -0.05) is 24.3 Å². The molecule has 64 valence electrons. The number of hydrogen-bond acceptors (Lipinski definition) is 3. The number of rotatable bonds is 2. The first-order chi connectivity index (χ1) is 6.25. The number of nitriles is 1. The monoisotopic (exact) mass is 173 g/mol. The quantitative estimate of drug-likeness (QED) is 0.484. The second-order valence-electron chi connectivity index (χ2n) is 2.47. The minimum Gasteiger partial charge on any atom is -0.423 e. The summed E-state index contributed by atoms with van der Waals surface area (Å²) in [5.41, 5.74) is 1.04. The Hall–Kier alpha value is -1.57. The van der Waals surface area contributed by atoms with Crippen molar-refractivity contribution in [2.24, 2.45) is 0 Å². The van der Waals surface area contributed by atoms with Crippen LogP contribution < -0.4 is 5.46 Å². The molecule has 0 aliphatic rings. The van der Waals surface area contributed by atoms with Gasteiger partial charge in [0.25, 0.3) is 0 Å². The molecule has 0 aliphatic heterocycles. The molecule has 1 aromatic carbocycles. The van der Waals surface area contributed by atoms with Crippen molar-refractivity contribution >= 4 is 18.7 Å². The fraction of sp³-hybridized carbons (Fsp3) is 0. The molecule has 0 bridgehead atoms. The highest BCUT2D eigenvalue weighted by molar-refractivity contribution is 6.59. The lowest BCUT2D eigenvalue weighted by Crippen LogP contribution is -2.31. The summed E-state index contributed by atoms with van der Waals surface area (Å²) in [6.45, 7) is 0. The van der Waals surface area contributed by atoms with Crippen molar-refractivity contribution in [2.75, 3.05) is 0 Å². The average molecular weight is 173 g/mol.